The molecule has 3 aromatic rings. The maximum absolute atomic E-state index is 13.8. The van der Waals surface area contributed by atoms with Gasteiger partial charge in [-0.3, -0.25) is 19.3 Å². The largest absolute Gasteiger partial charge is 0.496 e. The van der Waals surface area contributed by atoms with Crippen LogP contribution in [-0.4, -0.2) is 29.2 Å². The van der Waals surface area contributed by atoms with Crippen LogP contribution in [0.4, 0.5) is 5.69 Å². The summed E-state index contributed by atoms with van der Waals surface area (Å²) in [6.45, 7) is 2.00. The van der Waals surface area contributed by atoms with E-state index < -0.39 is 0 Å². The summed E-state index contributed by atoms with van der Waals surface area (Å²) >= 11 is 2.97. The van der Waals surface area contributed by atoms with Crippen LogP contribution in [0.2, 0.25) is 0 Å². The summed E-state index contributed by atoms with van der Waals surface area (Å²) in [5.74, 6) is 0.415. The molecule has 1 saturated heterocycles. The van der Waals surface area contributed by atoms with Crippen molar-refractivity contribution in [2.24, 2.45) is 29.6 Å². The van der Waals surface area contributed by atoms with Crippen molar-refractivity contribution in [3.05, 3.63) is 74.2 Å². The smallest absolute Gasteiger partial charge is 0.305 e. The molecule has 6 nitrogen and oxygen atoms in total. The van der Waals surface area contributed by atoms with Gasteiger partial charge in [0.1, 0.15) is 5.75 Å². The number of hydrogen-bond donors (Lipinski definition) is 1. The molecular formula is C27H24N2O4S2. The second-order valence-electron chi connectivity index (χ2n) is 10.0. The van der Waals surface area contributed by atoms with E-state index >= 15 is 0 Å². The number of imide groups is 1. The molecule has 6 unspecified atom stereocenters. The van der Waals surface area contributed by atoms with Crippen molar-refractivity contribution in [2.45, 2.75) is 29.5 Å². The number of aryl methyl sites for hydroxylation is 1. The first-order valence-corrected chi connectivity index (χ1v) is 13.6. The second kappa shape index (κ2) is 7.58. The molecule has 4 aliphatic rings. The molecule has 2 saturated carbocycles. The Kier molecular flexibility index (Phi) is 4.64. The molecule has 2 aromatic carbocycles. The van der Waals surface area contributed by atoms with E-state index in [1.165, 1.54) is 16.2 Å². The van der Waals surface area contributed by atoms with E-state index in [0.717, 1.165) is 33.2 Å². The first kappa shape index (κ1) is 21.4. The van der Waals surface area contributed by atoms with E-state index in [4.69, 9.17) is 4.74 Å². The van der Waals surface area contributed by atoms with Gasteiger partial charge in [-0.15, -0.1) is 11.8 Å². The maximum Gasteiger partial charge on any atom is 0.305 e. The molecule has 3 fully saturated rings. The Bertz CT molecular complexity index is 1430. The summed E-state index contributed by atoms with van der Waals surface area (Å²) in [6, 6.07) is 15.6. The number of carbonyl (C=O) groups is 2. The minimum Gasteiger partial charge on any atom is -0.496 e. The number of hydrogen-bond acceptors (Lipinski definition) is 6. The van der Waals surface area contributed by atoms with Gasteiger partial charge in [0.25, 0.3) is 0 Å². The molecule has 3 heterocycles. The quantitative estimate of drug-likeness (QED) is 0.534. The summed E-state index contributed by atoms with van der Waals surface area (Å²) in [5.41, 5.74) is 2.81. The molecule has 2 bridgehead atoms. The van der Waals surface area contributed by atoms with Gasteiger partial charge in [-0.2, -0.15) is 0 Å². The minimum atomic E-state index is -0.301. The summed E-state index contributed by atoms with van der Waals surface area (Å²) in [4.78, 5) is 45.3. The zero-order valence-electron chi connectivity index (χ0n) is 19.3. The molecule has 2 aliphatic carbocycles. The van der Waals surface area contributed by atoms with E-state index in [1.54, 1.807) is 18.9 Å². The van der Waals surface area contributed by atoms with Gasteiger partial charge in [-0.1, -0.05) is 47.2 Å². The number of thiazole rings is 1. The van der Waals surface area contributed by atoms with Crippen molar-refractivity contribution in [1.82, 2.24) is 4.98 Å². The van der Waals surface area contributed by atoms with Crippen LogP contribution in [0.5, 0.6) is 5.75 Å². The average Bonchev–Trinajstić information content (AvgIpc) is 3.59. The number of nitrogens with one attached hydrogen (secondary N) is 1. The van der Waals surface area contributed by atoms with Crippen LogP contribution in [0.3, 0.4) is 0 Å². The Morgan fingerprint density at radius 3 is 2.43 bits per heavy atom. The zero-order chi connectivity index (χ0) is 24.0. The van der Waals surface area contributed by atoms with Crippen LogP contribution in [0.1, 0.15) is 28.3 Å². The van der Waals surface area contributed by atoms with Crippen LogP contribution >= 0.6 is 23.1 Å². The first-order valence-electron chi connectivity index (χ1n) is 11.9. The number of nitrogens with zero attached hydrogens (tertiary/aromatic N) is 1. The van der Waals surface area contributed by atoms with Gasteiger partial charge in [0.15, 0.2) is 0 Å². The van der Waals surface area contributed by atoms with Crippen LogP contribution in [0.15, 0.2) is 58.4 Å². The van der Waals surface area contributed by atoms with E-state index in [2.05, 4.69) is 11.1 Å². The lowest BCUT2D eigenvalue weighted by atomic mass is 9.68. The SMILES string of the molecule is COc1ccccc1C1c2sc(=O)[nH]c2SC2C3CC(C4C(=O)N(c5ccc(C)cc5)C(=O)C34)[C@@H]12. The third-order valence-electron chi connectivity index (χ3n) is 8.49. The lowest BCUT2D eigenvalue weighted by Gasteiger charge is -2.43. The Morgan fingerprint density at radius 2 is 1.69 bits per heavy atom. The zero-order valence-corrected chi connectivity index (χ0v) is 20.9. The topological polar surface area (TPSA) is 79.5 Å². The Hall–Kier alpha value is -2.84. The molecule has 2 amide bonds. The number of rotatable bonds is 3. The fraction of sp³-hybridized carbons (Fsp3) is 0.370. The third kappa shape index (κ3) is 2.87. The van der Waals surface area contributed by atoms with Crippen molar-refractivity contribution >= 4 is 40.6 Å². The number of thioether (sulfide) groups is 1. The fourth-order valence-corrected chi connectivity index (χ4v) is 10.1. The highest BCUT2D eigenvalue weighted by Gasteiger charge is 2.69. The molecule has 0 radical (unpaired) electrons. The van der Waals surface area contributed by atoms with E-state index in [0.29, 0.717) is 5.69 Å². The Morgan fingerprint density at radius 1 is 0.971 bits per heavy atom. The number of benzene rings is 2. The molecule has 1 aromatic heterocycles. The van der Waals surface area contributed by atoms with E-state index in [9.17, 15) is 14.4 Å². The van der Waals surface area contributed by atoms with Crippen molar-refractivity contribution in [1.29, 1.82) is 0 Å². The predicted molar refractivity (Wildman–Crippen MR) is 135 cm³/mol. The summed E-state index contributed by atoms with van der Waals surface area (Å²) in [7, 11) is 1.67. The summed E-state index contributed by atoms with van der Waals surface area (Å²) in [6.07, 6.45) is 0.877. The van der Waals surface area contributed by atoms with Gasteiger partial charge in [-0.25, -0.2) is 0 Å². The first-order chi connectivity index (χ1) is 17.0. The van der Waals surface area contributed by atoms with E-state index in [-0.39, 0.29) is 57.4 Å². The van der Waals surface area contributed by atoms with Gasteiger partial charge in [0.05, 0.1) is 29.7 Å². The van der Waals surface area contributed by atoms with Crippen LogP contribution in [0, 0.1) is 36.5 Å². The van der Waals surface area contributed by atoms with Gasteiger partial charge in [0, 0.05) is 21.6 Å². The number of H-pyrrole nitrogens is 1. The summed E-state index contributed by atoms with van der Waals surface area (Å²) < 4.78 is 5.74. The monoisotopic (exact) mass is 504 g/mol. The van der Waals surface area contributed by atoms with Gasteiger partial charge >= 0.3 is 4.87 Å². The van der Waals surface area contributed by atoms with Gasteiger partial charge in [-0.05, 0) is 49.3 Å². The van der Waals surface area contributed by atoms with Crippen molar-refractivity contribution < 1.29 is 14.3 Å². The van der Waals surface area contributed by atoms with Crippen LogP contribution < -0.4 is 14.5 Å². The van der Waals surface area contributed by atoms with Crippen LogP contribution in [-0.2, 0) is 9.59 Å². The number of carbonyl (C=O) groups excluding carboxylic acids is 2. The highest BCUT2D eigenvalue weighted by molar-refractivity contribution is 8.00. The number of methoxy groups -OCH3 is 1. The van der Waals surface area contributed by atoms with E-state index in [1.807, 2.05) is 49.4 Å². The molecule has 35 heavy (non-hydrogen) atoms. The standard InChI is InChI=1S/C27H24N2O4S2/c1-12-7-9-13(10-8-12)29-25(30)20-15-11-16(21(20)26(29)31)22-19(15)18(14-5-3-4-6-17(14)33-2)23-24(34-22)28-27(32)35-23/h3-10,15-16,18-22H,11H2,1-2H3,(H,28,32)/t15?,16?,18?,19-,20?,21?,22?/m0/s1. The average molecular weight is 505 g/mol. The number of anilines is 1. The molecule has 178 valence electrons. The normalized spacial score (nSPS) is 32.5. The Labute approximate surface area is 210 Å². The van der Waals surface area contributed by atoms with Crippen molar-refractivity contribution in [3.63, 3.8) is 0 Å². The Balaban J connectivity index is 1.34. The number of amides is 2. The van der Waals surface area contributed by atoms with Crippen molar-refractivity contribution in [3.8, 4) is 5.75 Å². The maximum atomic E-state index is 13.8. The fourth-order valence-electron chi connectivity index (χ4n) is 7.24. The lowest BCUT2D eigenvalue weighted by molar-refractivity contribution is -0.123. The molecular weight excluding hydrogens is 480 g/mol. The van der Waals surface area contributed by atoms with Gasteiger partial charge < -0.3 is 9.72 Å². The van der Waals surface area contributed by atoms with Crippen LogP contribution in [0.25, 0.3) is 0 Å². The lowest BCUT2D eigenvalue weighted by Crippen LogP contribution is -2.42. The minimum absolute atomic E-state index is 0.0383. The molecule has 7 rings (SSSR count). The second-order valence-corrected chi connectivity index (χ2v) is 12.3. The predicted octanol–water partition coefficient (Wildman–Crippen LogP) is 4.43. The number of ether oxygens (including phenoxy) is 1. The third-order valence-corrected chi connectivity index (χ3v) is 11.1. The van der Waals surface area contributed by atoms with Gasteiger partial charge in [0.2, 0.25) is 11.8 Å². The number of aromatic nitrogens is 1. The number of aromatic amines is 1. The summed E-state index contributed by atoms with van der Waals surface area (Å²) in [5, 5.41) is 1.08. The number of fused-ring (bicyclic) bond motifs is 9. The molecule has 7 atom stereocenters. The number of para-hydroxylation sites is 1. The molecule has 1 N–H and O–H groups in total. The highest BCUT2D eigenvalue weighted by atomic mass is 32.2. The molecule has 0 spiro atoms. The molecule has 2 aliphatic heterocycles. The molecule has 8 heteroatoms. The van der Waals surface area contributed by atoms with Crippen molar-refractivity contribution in [2.75, 3.05) is 12.0 Å². The highest BCUT2D eigenvalue weighted by Crippen LogP contribution is 2.69.